The normalized spacial score (nSPS) is 10.3. The molecule has 0 fully saturated rings. The Morgan fingerprint density at radius 2 is 2.05 bits per heavy atom. The van der Waals surface area contributed by atoms with Crippen LogP contribution in [0.2, 0.25) is 5.02 Å². The number of anilines is 2. The fourth-order valence-electron chi connectivity index (χ4n) is 1.73. The van der Waals surface area contributed by atoms with Gasteiger partial charge in [-0.3, -0.25) is 4.79 Å². The van der Waals surface area contributed by atoms with Crippen LogP contribution in [0.5, 0.6) is 0 Å². The van der Waals surface area contributed by atoms with Gasteiger partial charge in [-0.2, -0.15) is 0 Å². The van der Waals surface area contributed by atoms with E-state index >= 15 is 0 Å². The highest BCUT2D eigenvalue weighted by atomic mass is 35.5. The number of halogens is 1. The molecule has 19 heavy (non-hydrogen) atoms. The molecule has 4 nitrogen and oxygen atoms in total. The number of amides is 1. The minimum atomic E-state index is -0.283. The van der Waals surface area contributed by atoms with Gasteiger partial charge in [-0.05, 0) is 37.1 Å². The molecular formula is C14H14ClN3O. The maximum atomic E-state index is 12.2. The molecule has 1 aromatic heterocycles. The number of nitrogens with two attached hydrogens (primary N) is 1. The topological polar surface area (TPSA) is 68.0 Å². The molecule has 0 unspecified atom stereocenters. The van der Waals surface area contributed by atoms with Crippen LogP contribution in [0.3, 0.4) is 0 Å². The highest BCUT2D eigenvalue weighted by Gasteiger charge is 2.13. The summed E-state index contributed by atoms with van der Waals surface area (Å²) >= 11 is 6.12. The van der Waals surface area contributed by atoms with Gasteiger partial charge in [0.05, 0.1) is 22.5 Å². The molecule has 0 aliphatic heterocycles. The van der Waals surface area contributed by atoms with Crippen LogP contribution in [0.4, 0.5) is 11.5 Å². The van der Waals surface area contributed by atoms with Gasteiger partial charge in [0.1, 0.15) is 5.82 Å². The largest absolute Gasteiger partial charge is 0.397 e. The van der Waals surface area contributed by atoms with Gasteiger partial charge in [-0.1, -0.05) is 23.7 Å². The van der Waals surface area contributed by atoms with Gasteiger partial charge < -0.3 is 11.1 Å². The zero-order valence-corrected chi connectivity index (χ0v) is 11.5. The number of hydrogen-bond donors (Lipinski definition) is 2. The fourth-order valence-corrected chi connectivity index (χ4v) is 1.94. The Morgan fingerprint density at radius 1 is 1.32 bits per heavy atom. The number of benzene rings is 1. The van der Waals surface area contributed by atoms with Crippen molar-refractivity contribution in [3.8, 4) is 0 Å². The maximum Gasteiger partial charge on any atom is 0.258 e. The number of hydrogen-bond acceptors (Lipinski definition) is 3. The Kier molecular flexibility index (Phi) is 3.71. The Hall–Kier alpha value is -2.07. The summed E-state index contributed by atoms with van der Waals surface area (Å²) < 4.78 is 0. The van der Waals surface area contributed by atoms with Crippen molar-refractivity contribution in [2.24, 2.45) is 0 Å². The number of aromatic nitrogens is 1. The molecule has 0 radical (unpaired) electrons. The van der Waals surface area contributed by atoms with Crippen molar-refractivity contribution in [2.45, 2.75) is 13.8 Å². The molecule has 0 spiro atoms. The average molecular weight is 276 g/mol. The molecule has 0 aliphatic carbocycles. The lowest BCUT2D eigenvalue weighted by molar-refractivity contribution is 0.102. The third-order valence-electron chi connectivity index (χ3n) is 2.77. The summed E-state index contributed by atoms with van der Waals surface area (Å²) in [4.78, 5) is 16.3. The van der Waals surface area contributed by atoms with Crippen LogP contribution in [0.15, 0.2) is 30.5 Å². The molecule has 0 saturated carbocycles. The molecule has 5 heteroatoms. The van der Waals surface area contributed by atoms with Crippen molar-refractivity contribution < 1.29 is 4.79 Å². The molecule has 2 aromatic rings. The summed E-state index contributed by atoms with van der Waals surface area (Å²) in [6.07, 6.45) is 1.50. The summed E-state index contributed by atoms with van der Waals surface area (Å²) in [7, 11) is 0. The zero-order valence-electron chi connectivity index (χ0n) is 10.7. The number of carbonyl (C=O) groups is 1. The highest BCUT2D eigenvalue weighted by Crippen LogP contribution is 2.22. The molecule has 2 rings (SSSR count). The number of carbonyl (C=O) groups excluding carboxylic acids is 1. The van der Waals surface area contributed by atoms with Gasteiger partial charge in [0.15, 0.2) is 0 Å². The molecule has 0 saturated heterocycles. The highest BCUT2D eigenvalue weighted by molar-refractivity contribution is 6.35. The Labute approximate surface area is 116 Å². The maximum absolute atomic E-state index is 12.2. The summed E-state index contributed by atoms with van der Waals surface area (Å²) in [6, 6.07) is 7.07. The lowest BCUT2D eigenvalue weighted by Gasteiger charge is -2.09. The number of aryl methyl sites for hydroxylation is 2. The summed E-state index contributed by atoms with van der Waals surface area (Å²) in [5.41, 5.74) is 8.27. The van der Waals surface area contributed by atoms with Crippen LogP contribution in [-0.4, -0.2) is 10.9 Å². The second-order valence-electron chi connectivity index (χ2n) is 4.32. The van der Waals surface area contributed by atoms with E-state index in [0.717, 1.165) is 11.1 Å². The molecule has 0 bridgehead atoms. The van der Waals surface area contributed by atoms with E-state index in [-0.39, 0.29) is 5.91 Å². The Balaban J connectivity index is 2.28. The van der Waals surface area contributed by atoms with Gasteiger partial charge in [0.2, 0.25) is 0 Å². The molecule has 1 amide bonds. The van der Waals surface area contributed by atoms with Gasteiger partial charge in [0, 0.05) is 0 Å². The Bertz CT molecular complexity index is 641. The lowest BCUT2D eigenvalue weighted by Crippen LogP contribution is -2.15. The number of rotatable bonds is 2. The minimum Gasteiger partial charge on any atom is -0.397 e. The van der Waals surface area contributed by atoms with Crippen molar-refractivity contribution >= 4 is 29.0 Å². The fraction of sp³-hybridized carbons (Fsp3) is 0.143. The molecule has 1 heterocycles. The quantitative estimate of drug-likeness (QED) is 0.884. The van der Waals surface area contributed by atoms with Gasteiger partial charge in [-0.15, -0.1) is 0 Å². The van der Waals surface area contributed by atoms with E-state index in [2.05, 4.69) is 10.3 Å². The molecule has 0 atom stereocenters. The number of pyridine rings is 1. The Morgan fingerprint density at radius 3 is 2.74 bits per heavy atom. The standard InChI is InChI=1S/C14H14ClN3O/c1-8-4-3-5-11(12(8)15)14(19)18-13-9(2)6-10(16)7-17-13/h3-7H,16H2,1-2H3,(H,17,18,19). The third kappa shape index (κ3) is 2.85. The first-order chi connectivity index (χ1) is 8.99. The predicted molar refractivity (Wildman–Crippen MR) is 77.5 cm³/mol. The van der Waals surface area contributed by atoms with Crippen molar-refractivity contribution in [1.82, 2.24) is 4.98 Å². The van der Waals surface area contributed by atoms with E-state index in [0.29, 0.717) is 22.1 Å². The second kappa shape index (κ2) is 5.28. The van der Waals surface area contributed by atoms with Crippen molar-refractivity contribution in [3.05, 3.63) is 52.2 Å². The van der Waals surface area contributed by atoms with Gasteiger partial charge in [-0.25, -0.2) is 4.98 Å². The van der Waals surface area contributed by atoms with Crippen molar-refractivity contribution in [1.29, 1.82) is 0 Å². The molecule has 98 valence electrons. The van der Waals surface area contributed by atoms with E-state index in [9.17, 15) is 4.79 Å². The molecule has 3 N–H and O–H groups in total. The van der Waals surface area contributed by atoms with E-state index in [1.807, 2.05) is 19.9 Å². The van der Waals surface area contributed by atoms with Crippen molar-refractivity contribution in [3.63, 3.8) is 0 Å². The summed E-state index contributed by atoms with van der Waals surface area (Å²) in [5.74, 6) is 0.200. The molecule has 0 aliphatic rings. The minimum absolute atomic E-state index is 0.283. The summed E-state index contributed by atoms with van der Waals surface area (Å²) in [5, 5.41) is 3.18. The molecule has 1 aromatic carbocycles. The van der Waals surface area contributed by atoms with E-state index in [1.54, 1.807) is 18.2 Å². The van der Waals surface area contributed by atoms with E-state index in [1.165, 1.54) is 6.20 Å². The number of nitrogens with zero attached hydrogens (tertiary/aromatic N) is 1. The second-order valence-corrected chi connectivity index (χ2v) is 4.70. The SMILES string of the molecule is Cc1cc(N)cnc1NC(=O)c1cccc(C)c1Cl. The zero-order chi connectivity index (χ0) is 14.0. The third-order valence-corrected chi connectivity index (χ3v) is 3.27. The van der Waals surface area contributed by atoms with Crippen LogP contribution in [0.25, 0.3) is 0 Å². The first-order valence-electron chi connectivity index (χ1n) is 5.77. The van der Waals surface area contributed by atoms with Crippen LogP contribution in [-0.2, 0) is 0 Å². The number of nitrogens with one attached hydrogen (secondary N) is 1. The van der Waals surface area contributed by atoms with Crippen LogP contribution in [0, 0.1) is 13.8 Å². The van der Waals surface area contributed by atoms with E-state index in [4.69, 9.17) is 17.3 Å². The average Bonchev–Trinajstić information content (AvgIpc) is 2.36. The van der Waals surface area contributed by atoms with Gasteiger partial charge in [0.25, 0.3) is 5.91 Å². The van der Waals surface area contributed by atoms with E-state index < -0.39 is 0 Å². The summed E-state index contributed by atoms with van der Waals surface area (Å²) in [6.45, 7) is 3.68. The monoisotopic (exact) mass is 275 g/mol. The van der Waals surface area contributed by atoms with Crippen LogP contribution >= 0.6 is 11.6 Å². The van der Waals surface area contributed by atoms with Crippen LogP contribution in [0.1, 0.15) is 21.5 Å². The first-order valence-corrected chi connectivity index (χ1v) is 6.15. The first kappa shape index (κ1) is 13.4. The molecular weight excluding hydrogens is 262 g/mol. The smallest absolute Gasteiger partial charge is 0.258 e. The van der Waals surface area contributed by atoms with Crippen molar-refractivity contribution in [2.75, 3.05) is 11.1 Å². The number of nitrogen functional groups attached to an aromatic ring is 1. The lowest BCUT2D eigenvalue weighted by atomic mass is 10.1. The predicted octanol–water partition coefficient (Wildman–Crippen LogP) is 3.19. The van der Waals surface area contributed by atoms with Gasteiger partial charge >= 0.3 is 0 Å². The van der Waals surface area contributed by atoms with Crippen LogP contribution < -0.4 is 11.1 Å².